The number of fused-ring (bicyclic) bond motifs is 1. The largest absolute Gasteiger partial charge is 0.368 e. The first-order chi connectivity index (χ1) is 12.6. The number of amides is 1. The maximum atomic E-state index is 13.4. The summed E-state index contributed by atoms with van der Waals surface area (Å²) in [4.78, 5) is 16.6. The van der Waals surface area contributed by atoms with E-state index in [9.17, 15) is 9.18 Å². The van der Waals surface area contributed by atoms with Gasteiger partial charge in [-0.15, -0.1) is 0 Å². The van der Waals surface area contributed by atoms with Gasteiger partial charge in [0.2, 0.25) is 5.91 Å². The zero-order valence-corrected chi connectivity index (χ0v) is 14.2. The molecule has 0 spiro atoms. The summed E-state index contributed by atoms with van der Waals surface area (Å²) in [6.45, 7) is 2.63. The van der Waals surface area contributed by atoms with Crippen LogP contribution >= 0.6 is 0 Å². The minimum absolute atomic E-state index is 0.166. The lowest BCUT2D eigenvalue weighted by Gasteiger charge is -2.37. The summed E-state index contributed by atoms with van der Waals surface area (Å²) in [5, 5.41) is 8.05. The molecule has 1 aromatic heterocycles. The van der Waals surface area contributed by atoms with Crippen molar-refractivity contribution < 1.29 is 9.18 Å². The van der Waals surface area contributed by atoms with E-state index in [1.807, 2.05) is 6.07 Å². The summed E-state index contributed by atoms with van der Waals surface area (Å²) in [6.07, 6.45) is 1.80. The second kappa shape index (κ2) is 6.76. The Kier molecular flexibility index (Phi) is 4.30. The molecule has 4 rings (SSSR count). The van der Waals surface area contributed by atoms with Crippen LogP contribution in [0.5, 0.6) is 0 Å². The van der Waals surface area contributed by atoms with E-state index in [0.29, 0.717) is 18.7 Å². The van der Waals surface area contributed by atoms with Gasteiger partial charge in [-0.2, -0.15) is 5.10 Å². The maximum Gasteiger partial charge on any atom is 0.244 e. The molecule has 7 heteroatoms. The Hall–Kier alpha value is -2.93. The van der Waals surface area contributed by atoms with Gasteiger partial charge in [0.1, 0.15) is 11.9 Å². The number of carbonyl (C=O) groups is 1. The number of benzene rings is 2. The summed E-state index contributed by atoms with van der Waals surface area (Å²) >= 11 is 0. The number of nitrogens with two attached hydrogens (primary N) is 1. The van der Waals surface area contributed by atoms with Gasteiger partial charge in [0.05, 0.1) is 11.7 Å². The van der Waals surface area contributed by atoms with Crippen LogP contribution in [-0.4, -0.2) is 47.2 Å². The molecule has 0 radical (unpaired) electrons. The van der Waals surface area contributed by atoms with E-state index in [1.54, 1.807) is 23.2 Å². The van der Waals surface area contributed by atoms with Crippen LogP contribution in [0.4, 0.5) is 10.1 Å². The first kappa shape index (κ1) is 16.5. The van der Waals surface area contributed by atoms with Gasteiger partial charge in [-0.1, -0.05) is 12.1 Å². The van der Waals surface area contributed by atoms with E-state index < -0.39 is 6.04 Å². The number of rotatable bonds is 3. The lowest BCUT2D eigenvalue weighted by atomic mass is 10.1. The molecule has 1 aliphatic heterocycles. The van der Waals surface area contributed by atoms with Crippen molar-refractivity contribution in [2.75, 3.05) is 31.1 Å². The standard InChI is InChI=1S/C19H20FN5O/c20-15-3-1-2-13(10-15)18(21)19(26)25-8-6-24(7-9-25)16-4-5-17-14(11-16)12-22-23-17/h1-5,10-12,18H,6-9,21H2,(H,22,23). The Balaban J connectivity index is 1.41. The number of aromatic nitrogens is 2. The smallest absolute Gasteiger partial charge is 0.244 e. The number of halogens is 1. The lowest BCUT2D eigenvalue weighted by molar-refractivity contribution is -0.133. The zero-order chi connectivity index (χ0) is 18.1. The van der Waals surface area contributed by atoms with Crippen LogP contribution in [0.3, 0.4) is 0 Å². The number of piperazine rings is 1. The summed E-state index contributed by atoms with van der Waals surface area (Å²) in [7, 11) is 0. The van der Waals surface area contributed by atoms with Gasteiger partial charge in [-0.05, 0) is 35.9 Å². The molecule has 2 heterocycles. The van der Waals surface area contributed by atoms with Crippen LogP contribution in [0, 0.1) is 5.82 Å². The van der Waals surface area contributed by atoms with Gasteiger partial charge in [0.15, 0.2) is 0 Å². The van der Waals surface area contributed by atoms with E-state index in [1.165, 1.54) is 12.1 Å². The predicted molar refractivity (Wildman–Crippen MR) is 98.2 cm³/mol. The molecule has 1 unspecified atom stereocenters. The number of hydrogen-bond donors (Lipinski definition) is 2. The van der Waals surface area contributed by atoms with Crippen LogP contribution in [0.25, 0.3) is 10.9 Å². The molecule has 26 heavy (non-hydrogen) atoms. The van der Waals surface area contributed by atoms with E-state index in [4.69, 9.17) is 5.73 Å². The average molecular weight is 353 g/mol. The van der Waals surface area contributed by atoms with Gasteiger partial charge >= 0.3 is 0 Å². The van der Waals surface area contributed by atoms with Crippen LogP contribution < -0.4 is 10.6 Å². The third kappa shape index (κ3) is 3.13. The Bertz CT molecular complexity index is 932. The van der Waals surface area contributed by atoms with Crippen LogP contribution in [-0.2, 0) is 4.79 Å². The summed E-state index contributed by atoms with van der Waals surface area (Å²) in [5.41, 5.74) is 8.67. The van der Waals surface area contributed by atoms with Gasteiger partial charge in [-0.3, -0.25) is 9.89 Å². The molecule has 3 N–H and O–H groups in total. The molecule has 3 aromatic rings. The Morgan fingerprint density at radius 3 is 2.73 bits per heavy atom. The number of aromatic amines is 1. The van der Waals surface area contributed by atoms with Crippen molar-refractivity contribution in [3.05, 3.63) is 60.0 Å². The Morgan fingerprint density at radius 2 is 1.96 bits per heavy atom. The number of nitrogens with one attached hydrogen (secondary N) is 1. The number of hydrogen-bond acceptors (Lipinski definition) is 4. The minimum atomic E-state index is -0.834. The fourth-order valence-electron chi connectivity index (χ4n) is 3.35. The van der Waals surface area contributed by atoms with Gasteiger partial charge in [0.25, 0.3) is 0 Å². The molecular formula is C19H20FN5O. The van der Waals surface area contributed by atoms with E-state index in [-0.39, 0.29) is 11.7 Å². The highest BCUT2D eigenvalue weighted by Gasteiger charge is 2.26. The lowest BCUT2D eigenvalue weighted by Crippen LogP contribution is -2.51. The molecule has 2 aromatic carbocycles. The molecule has 1 fully saturated rings. The third-order valence-corrected chi connectivity index (χ3v) is 4.85. The number of H-pyrrole nitrogens is 1. The number of carbonyl (C=O) groups excluding carboxylic acids is 1. The first-order valence-electron chi connectivity index (χ1n) is 8.60. The molecule has 1 aliphatic rings. The quantitative estimate of drug-likeness (QED) is 0.755. The highest BCUT2D eigenvalue weighted by Crippen LogP contribution is 2.23. The van der Waals surface area contributed by atoms with Crippen LogP contribution in [0.1, 0.15) is 11.6 Å². The molecule has 0 bridgehead atoms. The Morgan fingerprint density at radius 1 is 1.15 bits per heavy atom. The average Bonchev–Trinajstić information content (AvgIpc) is 3.15. The molecule has 1 amide bonds. The normalized spacial score (nSPS) is 16.1. The maximum absolute atomic E-state index is 13.4. The highest BCUT2D eigenvalue weighted by atomic mass is 19.1. The molecule has 1 atom stereocenters. The van der Waals surface area contributed by atoms with Gasteiger partial charge in [-0.25, -0.2) is 4.39 Å². The van der Waals surface area contributed by atoms with Crippen molar-refractivity contribution in [1.82, 2.24) is 15.1 Å². The molecule has 0 saturated carbocycles. The van der Waals surface area contributed by atoms with E-state index >= 15 is 0 Å². The molecule has 134 valence electrons. The van der Waals surface area contributed by atoms with Crippen molar-refractivity contribution in [1.29, 1.82) is 0 Å². The highest BCUT2D eigenvalue weighted by molar-refractivity contribution is 5.84. The van der Waals surface area contributed by atoms with Crippen molar-refractivity contribution in [2.24, 2.45) is 5.73 Å². The third-order valence-electron chi connectivity index (χ3n) is 4.85. The van der Waals surface area contributed by atoms with E-state index in [0.717, 1.165) is 29.7 Å². The summed E-state index contributed by atoms with van der Waals surface area (Å²) < 4.78 is 13.4. The molecule has 6 nitrogen and oxygen atoms in total. The zero-order valence-electron chi connectivity index (χ0n) is 14.2. The second-order valence-electron chi connectivity index (χ2n) is 6.49. The van der Waals surface area contributed by atoms with Crippen LogP contribution in [0.2, 0.25) is 0 Å². The Labute approximate surface area is 150 Å². The number of anilines is 1. The summed E-state index contributed by atoms with van der Waals surface area (Å²) in [5.74, 6) is -0.550. The van der Waals surface area contributed by atoms with Crippen LogP contribution in [0.15, 0.2) is 48.7 Å². The monoisotopic (exact) mass is 353 g/mol. The fraction of sp³-hybridized carbons (Fsp3) is 0.263. The van der Waals surface area contributed by atoms with Crippen molar-refractivity contribution in [3.8, 4) is 0 Å². The van der Waals surface area contributed by atoms with Gasteiger partial charge in [0, 0.05) is 37.3 Å². The second-order valence-corrected chi connectivity index (χ2v) is 6.49. The fourth-order valence-corrected chi connectivity index (χ4v) is 3.35. The number of nitrogens with zero attached hydrogens (tertiary/aromatic N) is 3. The molecule has 1 saturated heterocycles. The predicted octanol–water partition coefficient (Wildman–Crippen LogP) is 2.05. The van der Waals surface area contributed by atoms with Crippen molar-refractivity contribution in [2.45, 2.75) is 6.04 Å². The SMILES string of the molecule is NC(C(=O)N1CCN(c2ccc3[nH]ncc3c2)CC1)c1cccc(F)c1. The molecular weight excluding hydrogens is 333 g/mol. The first-order valence-corrected chi connectivity index (χ1v) is 8.60. The topological polar surface area (TPSA) is 78.3 Å². The van der Waals surface area contributed by atoms with Gasteiger partial charge < -0.3 is 15.5 Å². The minimum Gasteiger partial charge on any atom is -0.368 e. The molecule has 0 aliphatic carbocycles. The van der Waals surface area contributed by atoms with Crippen molar-refractivity contribution >= 4 is 22.5 Å². The summed E-state index contributed by atoms with van der Waals surface area (Å²) in [6, 6.07) is 11.2. The van der Waals surface area contributed by atoms with Crippen molar-refractivity contribution in [3.63, 3.8) is 0 Å². The van der Waals surface area contributed by atoms with E-state index in [2.05, 4.69) is 27.2 Å².